The standard InChI is InChI=1S/2C16H25N3.H2O4S/c2*1-12(2)10-14-4-6-15(7-5-14)13(3)11-19-16-17-8-9-18-16;1-5(2,3)4/h2*4-7,12-13H,8-11H2,1-3H3,(H2,17,18,19);(H2,1,2,3,4). The van der Waals surface area contributed by atoms with E-state index < -0.39 is 10.4 Å². The summed E-state index contributed by atoms with van der Waals surface area (Å²) in [4.78, 5) is 8.69. The Balaban J connectivity index is 0.000000260. The second-order valence-electron chi connectivity index (χ2n) is 12.0. The van der Waals surface area contributed by atoms with Crippen molar-refractivity contribution in [2.45, 2.75) is 66.2 Å². The van der Waals surface area contributed by atoms with E-state index in [0.29, 0.717) is 11.8 Å². The summed E-state index contributed by atoms with van der Waals surface area (Å²) < 4.78 is 31.6. The lowest BCUT2D eigenvalue weighted by atomic mass is 9.97. The summed E-state index contributed by atoms with van der Waals surface area (Å²) >= 11 is 0. The van der Waals surface area contributed by atoms with Crippen molar-refractivity contribution < 1.29 is 17.5 Å². The zero-order chi connectivity index (χ0) is 31.8. The topological polar surface area (TPSA) is 147 Å². The van der Waals surface area contributed by atoms with Crippen LogP contribution in [0.3, 0.4) is 0 Å². The lowest BCUT2D eigenvalue weighted by molar-refractivity contribution is 0.381. The maximum Gasteiger partial charge on any atom is 0.394 e. The summed E-state index contributed by atoms with van der Waals surface area (Å²) in [6, 6.07) is 18.1. The lowest BCUT2D eigenvalue weighted by Gasteiger charge is -2.15. The zero-order valence-corrected chi connectivity index (χ0v) is 27.4. The third-order valence-corrected chi connectivity index (χ3v) is 6.89. The van der Waals surface area contributed by atoms with E-state index >= 15 is 0 Å². The lowest BCUT2D eigenvalue weighted by Crippen LogP contribution is -2.35. The minimum Gasteiger partial charge on any atom is -0.356 e. The van der Waals surface area contributed by atoms with E-state index in [1.54, 1.807) is 0 Å². The van der Waals surface area contributed by atoms with E-state index in [4.69, 9.17) is 17.5 Å². The van der Waals surface area contributed by atoms with Gasteiger partial charge in [-0.3, -0.25) is 19.1 Å². The zero-order valence-electron chi connectivity index (χ0n) is 26.6. The van der Waals surface area contributed by atoms with Gasteiger partial charge in [-0.1, -0.05) is 90.1 Å². The summed E-state index contributed by atoms with van der Waals surface area (Å²) in [5, 5.41) is 13.2. The first kappa shape index (κ1) is 36.0. The number of nitrogens with zero attached hydrogens (tertiary/aromatic N) is 2. The Hall–Kier alpha value is -3.15. The van der Waals surface area contributed by atoms with Crippen molar-refractivity contribution >= 4 is 22.3 Å². The molecule has 10 nitrogen and oxygen atoms in total. The smallest absolute Gasteiger partial charge is 0.356 e. The van der Waals surface area contributed by atoms with Crippen molar-refractivity contribution in [2.24, 2.45) is 21.8 Å². The maximum atomic E-state index is 8.74. The van der Waals surface area contributed by atoms with Gasteiger partial charge in [0.25, 0.3) is 0 Å². The molecular formula is C32H52N6O4S. The third-order valence-electron chi connectivity index (χ3n) is 6.89. The Bertz CT molecular complexity index is 1150. The minimum absolute atomic E-state index is 0.498. The van der Waals surface area contributed by atoms with Crippen LogP contribution in [0.4, 0.5) is 0 Å². The Morgan fingerprint density at radius 1 is 0.674 bits per heavy atom. The predicted molar refractivity (Wildman–Crippen MR) is 178 cm³/mol. The molecule has 2 aliphatic heterocycles. The van der Waals surface area contributed by atoms with Gasteiger partial charge < -0.3 is 21.3 Å². The molecule has 43 heavy (non-hydrogen) atoms. The summed E-state index contributed by atoms with van der Waals surface area (Å²) in [6.45, 7) is 19.1. The number of hydrogen-bond acceptors (Lipinski definition) is 8. The fraction of sp³-hybridized carbons (Fsp3) is 0.562. The highest BCUT2D eigenvalue weighted by atomic mass is 32.3. The quantitative estimate of drug-likeness (QED) is 0.215. The fourth-order valence-corrected chi connectivity index (χ4v) is 4.68. The van der Waals surface area contributed by atoms with Gasteiger partial charge in [0, 0.05) is 26.2 Å². The molecule has 2 unspecified atom stereocenters. The largest absolute Gasteiger partial charge is 0.394 e. The van der Waals surface area contributed by atoms with E-state index in [2.05, 4.69) is 121 Å². The van der Waals surface area contributed by atoms with Gasteiger partial charge in [0.15, 0.2) is 11.9 Å². The van der Waals surface area contributed by atoms with Gasteiger partial charge in [0.05, 0.1) is 13.1 Å². The number of hydrogen-bond donors (Lipinski definition) is 6. The van der Waals surface area contributed by atoms with E-state index in [1.165, 1.54) is 22.3 Å². The van der Waals surface area contributed by atoms with Gasteiger partial charge in [0.2, 0.25) is 0 Å². The van der Waals surface area contributed by atoms with Crippen molar-refractivity contribution in [3.8, 4) is 0 Å². The molecule has 0 amide bonds. The van der Waals surface area contributed by atoms with Crippen LogP contribution < -0.4 is 21.3 Å². The van der Waals surface area contributed by atoms with Gasteiger partial charge in [-0.15, -0.1) is 0 Å². The van der Waals surface area contributed by atoms with Crippen molar-refractivity contribution in [3.05, 3.63) is 70.8 Å². The molecule has 2 aliphatic rings. The molecule has 2 aromatic carbocycles. The van der Waals surface area contributed by atoms with E-state index in [1.807, 2.05) is 0 Å². The first-order chi connectivity index (χ1) is 20.3. The molecule has 0 aliphatic carbocycles. The first-order valence-electron chi connectivity index (χ1n) is 15.2. The minimum atomic E-state index is -4.67. The molecule has 0 fully saturated rings. The molecule has 2 aromatic rings. The van der Waals surface area contributed by atoms with Crippen LogP contribution in [0.15, 0.2) is 58.5 Å². The van der Waals surface area contributed by atoms with E-state index in [-0.39, 0.29) is 0 Å². The summed E-state index contributed by atoms with van der Waals surface area (Å²) in [6.07, 6.45) is 2.32. The molecule has 0 bridgehead atoms. The summed E-state index contributed by atoms with van der Waals surface area (Å²) in [5.41, 5.74) is 5.64. The molecule has 2 heterocycles. The normalized spacial score (nSPS) is 15.6. The molecule has 240 valence electrons. The monoisotopic (exact) mass is 616 g/mol. The molecule has 11 heteroatoms. The van der Waals surface area contributed by atoms with Crippen molar-refractivity contribution in [1.82, 2.24) is 21.3 Å². The highest BCUT2D eigenvalue weighted by Gasteiger charge is 2.10. The maximum absolute atomic E-state index is 8.74. The molecule has 0 spiro atoms. The van der Waals surface area contributed by atoms with Gasteiger partial charge in [0.1, 0.15) is 0 Å². The molecule has 4 rings (SSSR count). The molecular weight excluding hydrogens is 564 g/mol. The predicted octanol–water partition coefficient (Wildman–Crippen LogP) is 4.42. The second kappa shape index (κ2) is 18.5. The average Bonchev–Trinajstić information content (AvgIpc) is 3.65. The average molecular weight is 617 g/mol. The Kier molecular flexibility index (Phi) is 15.5. The molecule has 6 N–H and O–H groups in total. The number of guanidine groups is 2. The van der Waals surface area contributed by atoms with Crippen molar-refractivity contribution in [1.29, 1.82) is 0 Å². The Labute approximate surface area is 258 Å². The summed E-state index contributed by atoms with van der Waals surface area (Å²) in [5.74, 6) is 4.33. The van der Waals surface area contributed by atoms with Crippen LogP contribution in [0.1, 0.15) is 75.6 Å². The first-order valence-corrected chi connectivity index (χ1v) is 16.6. The second-order valence-corrected chi connectivity index (χ2v) is 12.9. The van der Waals surface area contributed by atoms with Gasteiger partial charge in [-0.05, 0) is 58.8 Å². The Morgan fingerprint density at radius 3 is 1.26 bits per heavy atom. The van der Waals surface area contributed by atoms with Crippen LogP contribution in [0.2, 0.25) is 0 Å². The van der Waals surface area contributed by atoms with E-state index in [0.717, 1.165) is 75.9 Å². The summed E-state index contributed by atoms with van der Waals surface area (Å²) in [7, 11) is -4.67. The highest BCUT2D eigenvalue weighted by Crippen LogP contribution is 2.18. The van der Waals surface area contributed by atoms with Crippen LogP contribution in [-0.4, -0.2) is 68.7 Å². The van der Waals surface area contributed by atoms with Gasteiger partial charge >= 0.3 is 10.4 Å². The fourth-order valence-electron chi connectivity index (χ4n) is 4.68. The van der Waals surface area contributed by atoms with Gasteiger partial charge in [-0.25, -0.2) is 0 Å². The number of benzene rings is 2. The molecule has 0 saturated heterocycles. The third kappa shape index (κ3) is 16.3. The van der Waals surface area contributed by atoms with Gasteiger partial charge in [-0.2, -0.15) is 8.42 Å². The van der Waals surface area contributed by atoms with Crippen LogP contribution >= 0.6 is 0 Å². The van der Waals surface area contributed by atoms with E-state index in [9.17, 15) is 0 Å². The molecule has 0 aromatic heterocycles. The molecule has 2 atom stereocenters. The Morgan fingerprint density at radius 2 is 1.00 bits per heavy atom. The number of aliphatic imine (C=N–C) groups is 2. The van der Waals surface area contributed by atoms with Crippen LogP contribution in [-0.2, 0) is 23.2 Å². The van der Waals surface area contributed by atoms with Crippen molar-refractivity contribution in [2.75, 3.05) is 39.3 Å². The van der Waals surface area contributed by atoms with Crippen molar-refractivity contribution in [3.63, 3.8) is 0 Å². The highest BCUT2D eigenvalue weighted by molar-refractivity contribution is 7.79. The molecule has 0 saturated carbocycles. The van der Waals surface area contributed by atoms with Crippen LogP contribution in [0.25, 0.3) is 0 Å². The number of rotatable bonds is 10. The van der Waals surface area contributed by atoms with Crippen LogP contribution in [0.5, 0.6) is 0 Å². The molecule has 0 radical (unpaired) electrons. The van der Waals surface area contributed by atoms with Crippen LogP contribution in [0, 0.1) is 11.8 Å². The SMILES string of the molecule is CC(C)Cc1ccc(C(C)CNC2=NCCN2)cc1.CC(C)Cc1ccc(C(C)CNC2=NCCN2)cc1.O=S(=O)(O)O. The number of nitrogens with one attached hydrogen (secondary N) is 4.